The molecule has 0 aliphatic heterocycles. The second-order valence-corrected chi connectivity index (χ2v) is 8.39. The first-order chi connectivity index (χ1) is 14.7. The van der Waals surface area contributed by atoms with E-state index in [0.717, 1.165) is 5.56 Å². The summed E-state index contributed by atoms with van der Waals surface area (Å²) in [7, 11) is 0. The van der Waals surface area contributed by atoms with Gasteiger partial charge in [0.25, 0.3) is 0 Å². The molecule has 9 nitrogen and oxygen atoms in total. The minimum atomic E-state index is -0.602. The van der Waals surface area contributed by atoms with Crippen molar-refractivity contribution < 1.29 is 24.1 Å². The average molecular weight is 497 g/mol. The maximum absolute atomic E-state index is 12.2. The quantitative estimate of drug-likeness (QED) is 0.481. The number of carbonyl (C=O) groups is 1. The topological polar surface area (TPSA) is 120 Å². The number of ether oxygens (including phenoxy) is 3. The molecule has 0 unspecified atom stereocenters. The maximum atomic E-state index is 12.2. The van der Waals surface area contributed by atoms with Crippen molar-refractivity contribution in [3.05, 3.63) is 35.1 Å². The maximum Gasteiger partial charge on any atom is 0.410 e. The van der Waals surface area contributed by atoms with Crippen LogP contribution in [0, 0.1) is 0 Å². The molecule has 1 aromatic heterocycles. The summed E-state index contributed by atoms with van der Waals surface area (Å²) < 4.78 is 17.3. The molecule has 0 aliphatic rings. The van der Waals surface area contributed by atoms with Gasteiger partial charge in [0.2, 0.25) is 0 Å². The van der Waals surface area contributed by atoms with E-state index in [9.17, 15) is 9.90 Å². The fourth-order valence-electron chi connectivity index (χ4n) is 2.59. The molecule has 0 spiro atoms. The van der Waals surface area contributed by atoms with E-state index < -0.39 is 11.7 Å². The van der Waals surface area contributed by atoms with E-state index in [0.29, 0.717) is 41.6 Å². The van der Waals surface area contributed by atoms with Crippen LogP contribution in [-0.2, 0) is 9.47 Å². The third-order valence-electron chi connectivity index (χ3n) is 3.93. The van der Waals surface area contributed by atoms with Gasteiger partial charge in [0.05, 0.1) is 26.0 Å². The van der Waals surface area contributed by atoms with Gasteiger partial charge >= 0.3 is 6.09 Å². The van der Waals surface area contributed by atoms with Gasteiger partial charge in [0.1, 0.15) is 34.1 Å². The number of hydrogen-bond acceptors (Lipinski definition) is 8. The average Bonchev–Trinajstić information content (AvgIpc) is 2.70. The van der Waals surface area contributed by atoms with Crippen molar-refractivity contribution in [2.75, 3.05) is 45.3 Å². The molecule has 2 aromatic rings. The first kappa shape index (κ1) is 24.8. The molecular weight excluding hydrogens is 468 g/mol. The second-order valence-electron chi connectivity index (χ2n) is 7.57. The van der Waals surface area contributed by atoms with Crippen molar-refractivity contribution >= 4 is 27.8 Å². The molecule has 10 heteroatoms. The van der Waals surface area contributed by atoms with Gasteiger partial charge in [-0.3, -0.25) is 0 Å². The van der Waals surface area contributed by atoms with Crippen LogP contribution in [0.25, 0.3) is 11.3 Å². The molecule has 1 aromatic carbocycles. The fraction of sp³-hybridized carbons (Fsp3) is 0.476. The molecule has 0 fully saturated rings. The lowest BCUT2D eigenvalue weighted by Crippen LogP contribution is -2.40. The summed E-state index contributed by atoms with van der Waals surface area (Å²) in [5, 5.41) is 9.18. The Morgan fingerprint density at radius 3 is 2.65 bits per heavy atom. The first-order valence-electron chi connectivity index (χ1n) is 9.88. The number of nitrogens with zero attached hydrogens (tertiary/aromatic N) is 3. The number of para-hydroxylation sites is 1. The number of hydrogen-bond donors (Lipinski definition) is 2. The second kappa shape index (κ2) is 11.8. The number of nitrogens with two attached hydrogens (primary N) is 1. The van der Waals surface area contributed by atoms with E-state index in [1.165, 1.54) is 11.1 Å². The van der Waals surface area contributed by atoms with Crippen LogP contribution in [0.2, 0.25) is 0 Å². The number of benzene rings is 1. The number of carbonyl (C=O) groups excluding carboxylic acids is 1. The largest absolute Gasteiger partial charge is 0.490 e. The molecule has 1 heterocycles. The molecule has 0 saturated heterocycles. The van der Waals surface area contributed by atoms with Crippen molar-refractivity contribution in [1.82, 2.24) is 14.9 Å². The molecule has 1 amide bonds. The third kappa shape index (κ3) is 8.31. The highest BCUT2D eigenvalue weighted by molar-refractivity contribution is 9.10. The van der Waals surface area contributed by atoms with Gasteiger partial charge in [0, 0.05) is 18.7 Å². The van der Waals surface area contributed by atoms with Gasteiger partial charge in [-0.2, -0.15) is 0 Å². The number of aromatic nitrogens is 2. The fourth-order valence-corrected chi connectivity index (χ4v) is 2.87. The Bertz CT molecular complexity index is 860. The third-order valence-corrected chi connectivity index (χ3v) is 4.31. The highest BCUT2D eigenvalue weighted by Crippen LogP contribution is 2.32. The Labute approximate surface area is 190 Å². The summed E-state index contributed by atoms with van der Waals surface area (Å²) in [4.78, 5) is 22.1. The highest BCUT2D eigenvalue weighted by atomic mass is 79.9. The molecule has 0 radical (unpaired) electrons. The lowest BCUT2D eigenvalue weighted by Gasteiger charge is -2.26. The Morgan fingerprint density at radius 2 is 1.94 bits per heavy atom. The molecule has 0 atom stereocenters. The Hall–Kier alpha value is -2.43. The number of rotatable bonds is 10. The van der Waals surface area contributed by atoms with Crippen molar-refractivity contribution in [2.45, 2.75) is 26.4 Å². The summed E-state index contributed by atoms with van der Waals surface area (Å²) in [6, 6.07) is 7.40. The Morgan fingerprint density at radius 1 is 1.19 bits per heavy atom. The summed E-state index contributed by atoms with van der Waals surface area (Å²) in [5.41, 5.74) is 6.62. The summed E-state index contributed by atoms with van der Waals surface area (Å²) in [5.74, 6) is 0.919. The van der Waals surface area contributed by atoms with E-state index in [4.69, 9.17) is 19.9 Å². The molecule has 31 heavy (non-hydrogen) atoms. The van der Waals surface area contributed by atoms with E-state index in [1.54, 1.807) is 20.8 Å². The van der Waals surface area contributed by atoms with Gasteiger partial charge in [-0.15, -0.1) is 0 Å². The molecule has 0 aliphatic carbocycles. The van der Waals surface area contributed by atoms with Crippen LogP contribution < -0.4 is 10.5 Å². The number of amides is 1. The van der Waals surface area contributed by atoms with E-state index in [-0.39, 0.29) is 19.8 Å². The standard InChI is InChI=1S/C21H29BrN4O5/c1-21(2,3)31-20(28)26(8-10-27)9-11-29-12-13-30-16-7-5-4-6-15(16)18-19(23)24-14-17(22)25-18/h4-7,14,27H,8-13H2,1-3H3,(H2,23,24). The van der Waals surface area contributed by atoms with Crippen LogP contribution in [0.4, 0.5) is 10.6 Å². The molecule has 2 rings (SSSR count). The Balaban J connectivity index is 1.84. The molecule has 0 saturated carbocycles. The van der Waals surface area contributed by atoms with Crippen LogP contribution in [-0.4, -0.2) is 71.2 Å². The summed E-state index contributed by atoms with van der Waals surface area (Å²) in [6.07, 6.45) is 1.05. The zero-order valence-corrected chi connectivity index (χ0v) is 19.6. The van der Waals surface area contributed by atoms with Crippen LogP contribution in [0.3, 0.4) is 0 Å². The minimum Gasteiger partial charge on any atom is -0.490 e. The number of aliphatic hydroxyl groups is 1. The minimum absolute atomic E-state index is 0.152. The SMILES string of the molecule is CC(C)(C)OC(=O)N(CCO)CCOCCOc1ccccc1-c1nc(Br)cnc1N. The van der Waals surface area contributed by atoms with E-state index in [1.807, 2.05) is 24.3 Å². The van der Waals surface area contributed by atoms with Crippen molar-refractivity contribution in [2.24, 2.45) is 0 Å². The zero-order valence-electron chi connectivity index (χ0n) is 18.0. The Kier molecular flexibility index (Phi) is 9.47. The van der Waals surface area contributed by atoms with Crippen LogP contribution >= 0.6 is 15.9 Å². The smallest absolute Gasteiger partial charge is 0.410 e. The van der Waals surface area contributed by atoms with Crippen LogP contribution in [0.1, 0.15) is 20.8 Å². The lowest BCUT2D eigenvalue weighted by molar-refractivity contribution is 0.0127. The normalized spacial score (nSPS) is 11.3. The number of nitrogen functional groups attached to an aromatic ring is 1. The zero-order chi connectivity index (χ0) is 22.9. The van der Waals surface area contributed by atoms with Gasteiger partial charge in [0.15, 0.2) is 0 Å². The van der Waals surface area contributed by atoms with E-state index >= 15 is 0 Å². The van der Waals surface area contributed by atoms with Crippen LogP contribution in [0.15, 0.2) is 35.1 Å². The molecule has 170 valence electrons. The van der Waals surface area contributed by atoms with Gasteiger partial charge < -0.3 is 30.0 Å². The first-order valence-corrected chi connectivity index (χ1v) is 10.7. The number of aliphatic hydroxyl groups excluding tert-OH is 1. The summed E-state index contributed by atoms with van der Waals surface area (Å²) >= 11 is 3.31. The van der Waals surface area contributed by atoms with Crippen molar-refractivity contribution in [3.63, 3.8) is 0 Å². The van der Waals surface area contributed by atoms with Crippen molar-refractivity contribution in [3.8, 4) is 17.0 Å². The predicted molar refractivity (Wildman–Crippen MR) is 121 cm³/mol. The van der Waals surface area contributed by atoms with Crippen molar-refractivity contribution in [1.29, 1.82) is 0 Å². The molecule has 3 N–H and O–H groups in total. The number of anilines is 1. The predicted octanol–water partition coefficient (Wildman–Crippen LogP) is 3.11. The lowest BCUT2D eigenvalue weighted by atomic mass is 10.1. The monoisotopic (exact) mass is 496 g/mol. The van der Waals surface area contributed by atoms with Crippen LogP contribution in [0.5, 0.6) is 5.75 Å². The van der Waals surface area contributed by atoms with Gasteiger partial charge in [-0.25, -0.2) is 14.8 Å². The molecular formula is C21H29BrN4O5. The van der Waals surface area contributed by atoms with E-state index in [2.05, 4.69) is 25.9 Å². The van der Waals surface area contributed by atoms with Gasteiger partial charge in [-0.1, -0.05) is 12.1 Å². The highest BCUT2D eigenvalue weighted by Gasteiger charge is 2.21. The molecule has 0 bridgehead atoms. The number of halogens is 1. The van der Waals surface area contributed by atoms with Gasteiger partial charge in [-0.05, 0) is 48.8 Å². The summed E-state index contributed by atoms with van der Waals surface area (Å²) in [6.45, 7) is 6.60.